The summed E-state index contributed by atoms with van der Waals surface area (Å²) in [5.74, 6) is 0.227. The van der Waals surface area contributed by atoms with E-state index in [1.807, 2.05) is 4.90 Å². The number of carbonyl (C=O) groups is 1. The number of amides is 1. The van der Waals surface area contributed by atoms with E-state index in [1.165, 1.54) is 12.8 Å². The summed E-state index contributed by atoms with van der Waals surface area (Å²) in [6, 6.07) is 0. The molecule has 68 valence electrons. The molecule has 0 aromatic heterocycles. The first-order chi connectivity index (χ1) is 5.72. The Kier molecular flexibility index (Phi) is 1.83. The van der Waals surface area contributed by atoms with Crippen molar-refractivity contribution in [3.05, 3.63) is 0 Å². The van der Waals surface area contributed by atoms with Crippen molar-refractivity contribution in [3.63, 3.8) is 0 Å². The van der Waals surface area contributed by atoms with E-state index in [0.717, 1.165) is 26.1 Å². The van der Waals surface area contributed by atoms with Crippen LogP contribution in [0.25, 0.3) is 0 Å². The van der Waals surface area contributed by atoms with Crippen molar-refractivity contribution in [2.24, 2.45) is 0 Å². The molecule has 1 N–H and O–H groups in total. The largest absolute Gasteiger partial charge is 0.341 e. The highest BCUT2D eigenvalue weighted by atomic mass is 16.2. The van der Waals surface area contributed by atoms with Gasteiger partial charge in [0.1, 0.15) is 0 Å². The zero-order valence-corrected chi connectivity index (χ0v) is 7.60. The second-order valence-corrected chi connectivity index (χ2v) is 4.00. The molecule has 0 radical (unpaired) electrons. The number of hydrogen-bond donors (Lipinski definition) is 1. The summed E-state index contributed by atoms with van der Waals surface area (Å²) in [4.78, 5) is 13.1. The molecule has 0 atom stereocenters. The van der Waals surface area contributed by atoms with Crippen LogP contribution in [-0.4, -0.2) is 36.0 Å². The molecule has 2 aliphatic rings. The second kappa shape index (κ2) is 2.73. The first-order valence-corrected chi connectivity index (χ1v) is 4.72. The molecule has 1 spiro atoms. The molecule has 0 bridgehead atoms. The van der Waals surface area contributed by atoms with E-state index in [2.05, 4.69) is 5.32 Å². The van der Waals surface area contributed by atoms with E-state index >= 15 is 0 Å². The lowest BCUT2D eigenvalue weighted by Gasteiger charge is -2.22. The monoisotopic (exact) mass is 168 g/mol. The summed E-state index contributed by atoms with van der Waals surface area (Å²) in [5.41, 5.74) is 0.322. The van der Waals surface area contributed by atoms with E-state index in [0.29, 0.717) is 5.54 Å². The standard InChI is InChI=1S/C9H16N2O/c1-8(12)11-6-2-5-10-9(7-11)3-4-9/h10H,2-7H2,1H3. The highest BCUT2D eigenvalue weighted by Crippen LogP contribution is 2.37. The summed E-state index contributed by atoms with van der Waals surface area (Å²) in [6.07, 6.45) is 3.59. The van der Waals surface area contributed by atoms with Gasteiger partial charge in [0.05, 0.1) is 0 Å². The fourth-order valence-corrected chi connectivity index (χ4v) is 1.88. The van der Waals surface area contributed by atoms with Gasteiger partial charge in [-0.1, -0.05) is 0 Å². The molecule has 0 aromatic rings. The fourth-order valence-electron chi connectivity index (χ4n) is 1.88. The quantitative estimate of drug-likeness (QED) is 0.566. The van der Waals surface area contributed by atoms with Crippen molar-refractivity contribution in [1.29, 1.82) is 0 Å². The molecule has 3 heteroatoms. The van der Waals surface area contributed by atoms with Gasteiger partial charge in [-0.2, -0.15) is 0 Å². The zero-order chi connectivity index (χ0) is 8.60. The van der Waals surface area contributed by atoms with Crippen LogP contribution < -0.4 is 5.32 Å². The van der Waals surface area contributed by atoms with Crippen molar-refractivity contribution in [1.82, 2.24) is 10.2 Å². The molecule has 1 saturated carbocycles. The fraction of sp³-hybridized carbons (Fsp3) is 0.889. The third kappa shape index (κ3) is 1.46. The Morgan fingerprint density at radius 2 is 2.25 bits per heavy atom. The van der Waals surface area contributed by atoms with Crippen LogP contribution in [0, 0.1) is 0 Å². The molecular weight excluding hydrogens is 152 g/mol. The Hall–Kier alpha value is -0.570. The average Bonchev–Trinajstić information content (AvgIpc) is 2.80. The second-order valence-electron chi connectivity index (χ2n) is 4.00. The molecular formula is C9H16N2O. The van der Waals surface area contributed by atoms with Crippen LogP contribution in [0.1, 0.15) is 26.2 Å². The molecule has 0 aromatic carbocycles. The van der Waals surface area contributed by atoms with Crippen molar-refractivity contribution in [2.75, 3.05) is 19.6 Å². The predicted molar refractivity (Wildman–Crippen MR) is 46.8 cm³/mol. The van der Waals surface area contributed by atoms with Gasteiger partial charge in [-0.25, -0.2) is 0 Å². The number of carbonyl (C=O) groups excluding carboxylic acids is 1. The van der Waals surface area contributed by atoms with Gasteiger partial charge in [0, 0.05) is 25.6 Å². The molecule has 1 aliphatic heterocycles. The highest BCUT2D eigenvalue weighted by molar-refractivity contribution is 5.73. The predicted octanol–water partition coefficient (Wildman–Crippen LogP) is 0.361. The lowest BCUT2D eigenvalue weighted by molar-refractivity contribution is -0.129. The van der Waals surface area contributed by atoms with Crippen molar-refractivity contribution in [2.45, 2.75) is 31.7 Å². The molecule has 2 rings (SSSR count). The Bertz CT molecular complexity index is 199. The number of nitrogens with one attached hydrogen (secondary N) is 1. The molecule has 3 nitrogen and oxygen atoms in total. The normalized spacial score (nSPS) is 26.9. The summed E-state index contributed by atoms with van der Waals surface area (Å²) in [5, 5.41) is 3.52. The third-order valence-electron chi connectivity index (χ3n) is 2.90. The lowest BCUT2D eigenvalue weighted by Crippen LogP contribution is -2.41. The van der Waals surface area contributed by atoms with Crippen LogP contribution >= 0.6 is 0 Å². The van der Waals surface area contributed by atoms with Crippen molar-refractivity contribution < 1.29 is 4.79 Å². The maximum absolute atomic E-state index is 11.2. The van der Waals surface area contributed by atoms with Crippen LogP contribution in [0.15, 0.2) is 0 Å². The maximum atomic E-state index is 11.2. The van der Waals surface area contributed by atoms with Crippen molar-refractivity contribution >= 4 is 5.91 Å². The Labute approximate surface area is 73.1 Å². The number of hydrogen-bond acceptors (Lipinski definition) is 2. The first-order valence-electron chi connectivity index (χ1n) is 4.72. The Morgan fingerprint density at radius 1 is 1.50 bits per heavy atom. The summed E-state index contributed by atoms with van der Waals surface area (Å²) in [7, 11) is 0. The molecule has 1 amide bonds. The van der Waals surface area contributed by atoms with Gasteiger partial charge < -0.3 is 10.2 Å². The van der Waals surface area contributed by atoms with Crippen LogP contribution in [-0.2, 0) is 4.79 Å². The summed E-state index contributed by atoms with van der Waals surface area (Å²) in [6.45, 7) is 4.61. The third-order valence-corrected chi connectivity index (χ3v) is 2.90. The molecule has 2 fully saturated rings. The first kappa shape index (κ1) is 8.05. The van der Waals surface area contributed by atoms with E-state index < -0.39 is 0 Å². The van der Waals surface area contributed by atoms with E-state index in [4.69, 9.17) is 0 Å². The highest BCUT2D eigenvalue weighted by Gasteiger charge is 2.44. The summed E-state index contributed by atoms with van der Waals surface area (Å²) < 4.78 is 0. The Morgan fingerprint density at radius 3 is 2.83 bits per heavy atom. The SMILES string of the molecule is CC(=O)N1CCCNC2(CC2)C1. The number of nitrogens with zero attached hydrogens (tertiary/aromatic N) is 1. The van der Waals surface area contributed by atoms with Gasteiger partial charge in [0.15, 0.2) is 0 Å². The minimum atomic E-state index is 0.227. The van der Waals surface area contributed by atoms with Crippen LogP contribution in [0.2, 0.25) is 0 Å². The molecule has 1 heterocycles. The van der Waals surface area contributed by atoms with Crippen LogP contribution in [0.4, 0.5) is 0 Å². The topological polar surface area (TPSA) is 32.3 Å². The van der Waals surface area contributed by atoms with E-state index in [9.17, 15) is 4.79 Å². The van der Waals surface area contributed by atoms with Gasteiger partial charge >= 0.3 is 0 Å². The minimum absolute atomic E-state index is 0.227. The molecule has 1 aliphatic carbocycles. The lowest BCUT2D eigenvalue weighted by atomic mass is 10.2. The zero-order valence-electron chi connectivity index (χ0n) is 7.60. The van der Waals surface area contributed by atoms with Gasteiger partial charge in [-0.05, 0) is 25.8 Å². The van der Waals surface area contributed by atoms with E-state index in [1.54, 1.807) is 6.92 Å². The maximum Gasteiger partial charge on any atom is 0.219 e. The minimum Gasteiger partial charge on any atom is -0.341 e. The van der Waals surface area contributed by atoms with Gasteiger partial charge in [0.2, 0.25) is 5.91 Å². The smallest absolute Gasteiger partial charge is 0.219 e. The van der Waals surface area contributed by atoms with Gasteiger partial charge in [-0.3, -0.25) is 4.79 Å². The van der Waals surface area contributed by atoms with Crippen molar-refractivity contribution in [3.8, 4) is 0 Å². The molecule has 1 saturated heterocycles. The van der Waals surface area contributed by atoms with Crippen LogP contribution in [0.3, 0.4) is 0 Å². The van der Waals surface area contributed by atoms with E-state index in [-0.39, 0.29) is 5.91 Å². The molecule has 0 unspecified atom stereocenters. The molecule has 12 heavy (non-hydrogen) atoms. The average molecular weight is 168 g/mol. The summed E-state index contributed by atoms with van der Waals surface area (Å²) >= 11 is 0. The number of rotatable bonds is 0. The Balaban J connectivity index is 2.01. The van der Waals surface area contributed by atoms with Gasteiger partial charge in [0.25, 0.3) is 0 Å². The van der Waals surface area contributed by atoms with Gasteiger partial charge in [-0.15, -0.1) is 0 Å². The van der Waals surface area contributed by atoms with Crippen LogP contribution in [0.5, 0.6) is 0 Å².